The first-order valence-corrected chi connectivity index (χ1v) is 10.7. The monoisotopic (exact) mass is 348 g/mol. The Labute approximate surface area is 161 Å². The highest BCUT2D eigenvalue weighted by Crippen LogP contribution is 2.31. The zero-order chi connectivity index (χ0) is 18.5. The second kappa shape index (κ2) is 8.89. The van der Waals surface area contributed by atoms with Gasteiger partial charge in [0.05, 0.1) is 0 Å². The summed E-state index contributed by atoms with van der Waals surface area (Å²) in [6.45, 7) is 9.06. The number of unbranched alkanes of at least 4 members (excludes halogenated alkanes) is 1. The SMILES string of the molecule is Cc1cc(-c2ccc(CCCCC3CCC(C)CC3)cc2)cc(C)c1C. The van der Waals surface area contributed by atoms with Crippen LogP contribution < -0.4 is 0 Å². The normalized spacial score (nSPS) is 20.3. The molecular formula is C26H36. The number of hydrogen-bond acceptors (Lipinski definition) is 0. The molecule has 1 saturated carbocycles. The summed E-state index contributed by atoms with van der Waals surface area (Å²) in [6.07, 6.45) is 11.3. The standard InChI is InChI=1S/C26H36/c1-19-9-11-23(12-10-19)7-5-6-8-24-13-15-25(16-14-24)26-17-20(2)22(4)21(3)18-26/h13-19,23H,5-12H2,1-4H3. The molecule has 3 rings (SSSR count). The average molecular weight is 349 g/mol. The third-order valence-electron chi connectivity index (χ3n) is 6.68. The van der Waals surface area contributed by atoms with Crippen LogP contribution in [-0.2, 0) is 6.42 Å². The van der Waals surface area contributed by atoms with Crippen LogP contribution in [0.3, 0.4) is 0 Å². The average Bonchev–Trinajstić information content (AvgIpc) is 2.65. The van der Waals surface area contributed by atoms with Crippen molar-refractivity contribution in [2.75, 3.05) is 0 Å². The molecule has 2 aromatic rings. The third kappa shape index (κ3) is 5.00. The van der Waals surface area contributed by atoms with Gasteiger partial charge in [0.15, 0.2) is 0 Å². The molecule has 0 unspecified atom stereocenters. The molecule has 26 heavy (non-hydrogen) atoms. The van der Waals surface area contributed by atoms with Gasteiger partial charge in [0.1, 0.15) is 0 Å². The van der Waals surface area contributed by atoms with Crippen LogP contribution in [0.4, 0.5) is 0 Å². The highest BCUT2D eigenvalue weighted by Gasteiger charge is 2.17. The van der Waals surface area contributed by atoms with Crippen LogP contribution in [-0.4, -0.2) is 0 Å². The van der Waals surface area contributed by atoms with Crippen LogP contribution in [0.25, 0.3) is 11.1 Å². The highest BCUT2D eigenvalue weighted by atomic mass is 14.2. The molecule has 0 saturated heterocycles. The van der Waals surface area contributed by atoms with E-state index in [1.807, 2.05) is 0 Å². The van der Waals surface area contributed by atoms with Gasteiger partial charge in [-0.2, -0.15) is 0 Å². The number of benzene rings is 2. The van der Waals surface area contributed by atoms with E-state index < -0.39 is 0 Å². The molecule has 0 aromatic heterocycles. The van der Waals surface area contributed by atoms with Crippen molar-refractivity contribution in [3.05, 3.63) is 58.7 Å². The lowest BCUT2D eigenvalue weighted by molar-refractivity contribution is 0.272. The molecular weight excluding hydrogens is 312 g/mol. The molecule has 0 radical (unpaired) electrons. The van der Waals surface area contributed by atoms with Crippen molar-refractivity contribution >= 4 is 0 Å². The lowest BCUT2D eigenvalue weighted by atomic mass is 9.80. The van der Waals surface area contributed by atoms with E-state index in [-0.39, 0.29) is 0 Å². The summed E-state index contributed by atoms with van der Waals surface area (Å²) in [4.78, 5) is 0. The van der Waals surface area contributed by atoms with Gasteiger partial charge < -0.3 is 0 Å². The summed E-state index contributed by atoms with van der Waals surface area (Å²) in [5.74, 6) is 1.99. The minimum absolute atomic E-state index is 0.978. The van der Waals surface area contributed by atoms with Gasteiger partial charge in [-0.15, -0.1) is 0 Å². The Kier molecular flexibility index (Phi) is 6.57. The van der Waals surface area contributed by atoms with Gasteiger partial charge in [-0.3, -0.25) is 0 Å². The molecule has 1 aliphatic rings. The van der Waals surface area contributed by atoms with Gasteiger partial charge in [-0.25, -0.2) is 0 Å². The molecule has 140 valence electrons. The van der Waals surface area contributed by atoms with E-state index in [0.717, 1.165) is 11.8 Å². The van der Waals surface area contributed by atoms with Crippen LogP contribution in [0, 0.1) is 32.6 Å². The topological polar surface area (TPSA) is 0 Å². The molecule has 0 atom stereocenters. The van der Waals surface area contributed by atoms with Gasteiger partial charge in [0.25, 0.3) is 0 Å². The van der Waals surface area contributed by atoms with Crippen LogP contribution >= 0.6 is 0 Å². The fraction of sp³-hybridized carbons (Fsp3) is 0.538. The molecule has 0 amide bonds. The Morgan fingerprint density at radius 1 is 0.769 bits per heavy atom. The second-order valence-electron chi connectivity index (χ2n) is 8.80. The maximum absolute atomic E-state index is 2.42. The van der Waals surface area contributed by atoms with E-state index in [4.69, 9.17) is 0 Å². The molecule has 0 heterocycles. The first kappa shape index (κ1) is 19.2. The molecule has 0 bridgehead atoms. The van der Waals surface area contributed by atoms with Crippen LogP contribution in [0.2, 0.25) is 0 Å². The predicted octanol–water partition coefficient (Wildman–Crippen LogP) is 7.82. The largest absolute Gasteiger partial charge is 0.0625 e. The van der Waals surface area contributed by atoms with Crippen molar-refractivity contribution in [2.24, 2.45) is 11.8 Å². The summed E-state index contributed by atoms with van der Waals surface area (Å²) < 4.78 is 0. The van der Waals surface area contributed by atoms with E-state index in [2.05, 4.69) is 64.1 Å². The van der Waals surface area contributed by atoms with Crippen molar-refractivity contribution < 1.29 is 0 Å². The number of rotatable bonds is 6. The molecule has 1 fully saturated rings. The fourth-order valence-electron chi connectivity index (χ4n) is 4.45. The summed E-state index contributed by atoms with van der Waals surface area (Å²) in [5.41, 5.74) is 8.38. The maximum atomic E-state index is 2.42. The minimum Gasteiger partial charge on any atom is -0.0625 e. The van der Waals surface area contributed by atoms with E-state index >= 15 is 0 Å². The summed E-state index contributed by atoms with van der Waals surface area (Å²) in [7, 11) is 0. The summed E-state index contributed by atoms with van der Waals surface area (Å²) in [6, 6.07) is 13.9. The molecule has 1 aliphatic carbocycles. The maximum Gasteiger partial charge on any atom is -0.0179 e. The van der Waals surface area contributed by atoms with Crippen molar-refractivity contribution in [1.82, 2.24) is 0 Å². The number of aryl methyl sites for hydroxylation is 3. The molecule has 0 heteroatoms. The first-order valence-electron chi connectivity index (χ1n) is 10.7. The smallest absolute Gasteiger partial charge is 0.0179 e. The lowest BCUT2D eigenvalue weighted by Gasteiger charge is -2.26. The van der Waals surface area contributed by atoms with E-state index in [9.17, 15) is 0 Å². The van der Waals surface area contributed by atoms with Gasteiger partial charge >= 0.3 is 0 Å². The van der Waals surface area contributed by atoms with Crippen molar-refractivity contribution in [2.45, 2.75) is 79.1 Å². The van der Waals surface area contributed by atoms with Gasteiger partial charge in [0, 0.05) is 0 Å². The molecule has 0 aliphatic heterocycles. The Bertz CT molecular complexity index is 676. The Morgan fingerprint density at radius 3 is 2.00 bits per heavy atom. The molecule has 0 spiro atoms. The fourth-order valence-corrected chi connectivity index (χ4v) is 4.45. The first-order chi connectivity index (χ1) is 12.5. The number of hydrogen-bond donors (Lipinski definition) is 0. The zero-order valence-corrected chi connectivity index (χ0v) is 17.3. The van der Waals surface area contributed by atoms with E-state index in [1.54, 1.807) is 0 Å². The third-order valence-corrected chi connectivity index (χ3v) is 6.68. The van der Waals surface area contributed by atoms with E-state index in [0.29, 0.717) is 0 Å². The quantitative estimate of drug-likeness (QED) is 0.467. The molecule has 0 N–H and O–H groups in total. The zero-order valence-electron chi connectivity index (χ0n) is 17.3. The second-order valence-corrected chi connectivity index (χ2v) is 8.80. The van der Waals surface area contributed by atoms with Gasteiger partial charge in [-0.1, -0.05) is 81.8 Å². The Morgan fingerprint density at radius 2 is 1.38 bits per heavy atom. The van der Waals surface area contributed by atoms with Crippen molar-refractivity contribution in [1.29, 1.82) is 0 Å². The van der Waals surface area contributed by atoms with Gasteiger partial charge in [-0.05, 0) is 78.8 Å². The van der Waals surface area contributed by atoms with Crippen LogP contribution in [0.15, 0.2) is 36.4 Å². The van der Waals surface area contributed by atoms with Gasteiger partial charge in [0.2, 0.25) is 0 Å². The minimum atomic E-state index is 0.978. The van der Waals surface area contributed by atoms with Crippen LogP contribution in [0.1, 0.15) is 74.1 Å². The summed E-state index contributed by atoms with van der Waals surface area (Å²) >= 11 is 0. The van der Waals surface area contributed by atoms with Crippen molar-refractivity contribution in [3.63, 3.8) is 0 Å². The van der Waals surface area contributed by atoms with Crippen LogP contribution in [0.5, 0.6) is 0 Å². The predicted molar refractivity (Wildman–Crippen MR) is 115 cm³/mol. The summed E-state index contributed by atoms with van der Waals surface area (Å²) in [5, 5.41) is 0. The highest BCUT2D eigenvalue weighted by molar-refractivity contribution is 5.66. The Balaban J connectivity index is 1.49. The molecule has 0 nitrogen and oxygen atoms in total. The van der Waals surface area contributed by atoms with Crippen molar-refractivity contribution in [3.8, 4) is 11.1 Å². The van der Waals surface area contributed by atoms with E-state index in [1.165, 1.54) is 84.7 Å². The lowest BCUT2D eigenvalue weighted by Crippen LogP contribution is -2.12. The molecule has 2 aromatic carbocycles. The Hall–Kier alpha value is -1.56.